The van der Waals surface area contributed by atoms with Gasteiger partial charge in [0.1, 0.15) is 0 Å². The molecule has 0 radical (unpaired) electrons. The molecular weight excluding hydrogens is 514 g/mol. The standard InChI is InChI=1S/C25H44O6S.C6H15N/c1-5-17-21-14-16(26)8-11-25(21,4)20-9-12-24(3)18(6-7-19(24)22(20)23(17)27)15(2)10-13-31-32(28,29)30;1-4-7(5-2)6-3/h15-23,26-27H,5-14H2,1-4H3,(H,28,29,30);4-6H2,1-3H3/t15-,16-,17-,18?,19?,20?,21+,22?,23-,24-,25-;/m1./s1. The lowest BCUT2D eigenvalue weighted by Gasteiger charge is -2.64. The van der Waals surface area contributed by atoms with E-state index in [1.54, 1.807) is 4.90 Å². The van der Waals surface area contributed by atoms with Gasteiger partial charge in [0.2, 0.25) is 10.4 Å². The zero-order valence-electron chi connectivity index (χ0n) is 25.8. The van der Waals surface area contributed by atoms with E-state index >= 15 is 0 Å². The predicted octanol–water partition coefficient (Wildman–Crippen LogP) is 4.05. The van der Waals surface area contributed by atoms with Crippen molar-refractivity contribution < 1.29 is 32.3 Å². The van der Waals surface area contributed by atoms with E-state index in [0.29, 0.717) is 36.0 Å². The Morgan fingerprint density at radius 3 is 2.05 bits per heavy atom. The molecule has 0 amide bonds. The quantitative estimate of drug-likeness (QED) is 0.284. The third-order valence-corrected chi connectivity index (χ3v) is 12.9. The Morgan fingerprint density at radius 2 is 1.51 bits per heavy atom. The van der Waals surface area contributed by atoms with Crippen LogP contribution in [0.25, 0.3) is 0 Å². The molecule has 0 aliphatic heterocycles. The van der Waals surface area contributed by atoms with E-state index in [-0.39, 0.29) is 41.5 Å². The van der Waals surface area contributed by atoms with Gasteiger partial charge in [0.15, 0.2) is 0 Å². The van der Waals surface area contributed by atoms with Crippen LogP contribution in [0.2, 0.25) is 0 Å². The van der Waals surface area contributed by atoms with Crippen LogP contribution in [-0.4, -0.2) is 61.6 Å². The Bertz CT molecular complexity index is 875. The Morgan fingerprint density at radius 1 is 0.923 bits per heavy atom. The number of quaternary nitrogens is 1. The highest BCUT2D eigenvalue weighted by Gasteiger charge is 2.64. The molecular formula is C31H59NO6S. The number of hydrogen-bond acceptors (Lipinski definition) is 6. The van der Waals surface area contributed by atoms with Crippen molar-refractivity contribution in [3.05, 3.63) is 0 Å². The van der Waals surface area contributed by atoms with Crippen LogP contribution in [0.15, 0.2) is 0 Å². The van der Waals surface area contributed by atoms with Gasteiger partial charge in [-0.25, -0.2) is 8.42 Å². The highest BCUT2D eigenvalue weighted by molar-refractivity contribution is 7.80. The van der Waals surface area contributed by atoms with Crippen molar-refractivity contribution in [2.75, 3.05) is 26.2 Å². The highest BCUT2D eigenvalue weighted by atomic mass is 32.3. The average molecular weight is 574 g/mol. The lowest BCUT2D eigenvalue weighted by Crippen LogP contribution is -3.11. The zero-order valence-corrected chi connectivity index (χ0v) is 26.6. The number of aliphatic hydroxyl groups excluding tert-OH is 2. The van der Waals surface area contributed by atoms with Crippen molar-refractivity contribution in [1.82, 2.24) is 0 Å². The summed E-state index contributed by atoms with van der Waals surface area (Å²) in [5.41, 5.74) is 0.332. The molecule has 11 atom stereocenters. The summed E-state index contributed by atoms with van der Waals surface area (Å²) < 4.78 is 37.0. The molecule has 4 aliphatic carbocycles. The molecule has 4 aliphatic rings. The summed E-state index contributed by atoms with van der Waals surface area (Å²) in [4.78, 5) is 1.68. The Hall–Kier alpha value is -0.250. The molecule has 0 heterocycles. The molecule has 4 fully saturated rings. The minimum absolute atomic E-state index is 0.0427. The first-order valence-electron chi connectivity index (χ1n) is 16.1. The van der Waals surface area contributed by atoms with Crippen molar-refractivity contribution in [2.24, 2.45) is 52.3 Å². The molecule has 7 nitrogen and oxygen atoms in total. The van der Waals surface area contributed by atoms with Crippen LogP contribution in [0.4, 0.5) is 0 Å². The third-order valence-electron chi connectivity index (χ3n) is 12.5. The van der Waals surface area contributed by atoms with E-state index in [1.807, 2.05) is 0 Å². The maximum atomic E-state index is 11.7. The predicted molar refractivity (Wildman–Crippen MR) is 154 cm³/mol. The highest BCUT2D eigenvalue weighted by Crippen LogP contribution is 2.69. The lowest BCUT2D eigenvalue weighted by atomic mass is 9.41. The van der Waals surface area contributed by atoms with E-state index < -0.39 is 10.4 Å². The fraction of sp³-hybridized carbons (Fsp3) is 1.00. The molecule has 0 bridgehead atoms. The summed E-state index contributed by atoms with van der Waals surface area (Å²) in [5.74, 6) is 2.69. The number of nitrogens with one attached hydrogen (secondary N) is 1. The van der Waals surface area contributed by atoms with Gasteiger partial charge < -0.3 is 19.7 Å². The SMILES string of the molecule is CC[C@H]1[C@@H](O)C2C3CCC([C@H](C)CCOS(=O)(=O)[O-])[C@@]3(C)CCC2[C@@]2(C)CC[C@@H](O)C[C@@H]12.CC[NH+](CC)CC. The van der Waals surface area contributed by atoms with Gasteiger partial charge in [-0.2, -0.15) is 0 Å². The summed E-state index contributed by atoms with van der Waals surface area (Å²) in [6.45, 7) is 19.7. The molecule has 4 saturated carbocycles. The number of fused-ring (bicyclic) bond motifs is 5. The van der Waals surface area contributed by atoms with E-state index in [9.17, 15) is 23.2 Å². The van der Waals surface area contributed by atoms with Gasteiger partial charge in [0, 0.05) is 0 Å². The summed E-state index contributed by atoms with van der Waals surface area (Å²) in [6.07, 6.45) is 8.26. The first-order chi connectivity index (χ1) is 18.3. The van der Waals surface area contributed by atoms with Crippen LogP contribution in [0.3, 0.4) is 0 Å². The molecule has 230 valence electrons. The largest absolute Gasteiger partial charge is 0.726 e. The second-order valence-electron chi connectivity index (χ2n) is 13.9. The van der Waals surface area contributed by atoms with Crippen LogP contribution < -0.4 is 4.90 Å². The van der Waals surface area contributed by atoms with E-state index in [4.69, 9.17) is 0 Å². The molecule has 0 aromatic heterocycles. The summed E-state index contributed by atoms with van der Waals surface area (Å²) in [5, 5.41) is 22.1. The van der Waals surface area contributed by atoms with E-state index in [2.05, 4.69) is 52.6 Å². The molecule has 4 unspecified atom stereocenters. The number of hydrogen-bond donors (Lipinski definition) is 3. The Labute approximate surface area is 239 Å². The minimum Gasteiger partial charge on any atom is -0.726 e. The average Bonchev–Trinajstić information content (AvgIpc) is 3.23. The monoisotopic (exact) mass is 573 g/mol. The maximum absolute atomic E-state index is 11.7. The topological polar surface area (TPSA) is 111 Å². The first-order valence-corrected chi connectivity index (χ1v) is 17.4. The smallest absolute Gasteiger partial charge is 0.217 e. The van der Waals surface area contributed by atoms with Crippen LogP contribution in [0.1, 0.15) is 106 Å². The third kappa shape index (κ3) is 6.88. The molecule has 0 aromatic carbocycles. The summed E-state index contributed by atoms with van der Waals surface area (Å²) in [6, 6.07) is 0. The van der Waals surface area contributed by atoms with Gasteiger partial charge in [0.25, 0.3) is 0 Å². The molecule has 3 N–H and O–H groups in total. The maximum Gasteiger partial charge on any atom is 0.217 e. The first kappa shape index (κ1) is 33.3. The molecule has 0 aromatic rings. The normalized spacial score (nSPS) is 42.6. The van der Waals surface area contributed by atoms with Crippen molar-refractivity contribution in [2.45, 2.75) is 118 Å². The Balaban J connectivity index is 0.000000532. The van der Waals surface area contributed by atoms with Crippen LogP contribution in [0, 0.1) is 52.3 Å². The second-order valence-corrected chi connectivity index (χ2v) is 15.0. The van der Waals surface area contributed by atoms with E-state index in [0.717, 1.165) is 51.4 Å². The second kappa shape index (κ2) is 13.4. The fourth-order valence-electron chi connectivity index (χ4n) is 10.2. The molecule has 0 saturated heterocycles. The summed E-state index contributed by atoms with van der Waals surface area (Å²) in [7, 11) is -4.64. The van der Waals surface area contributed by atoms with Crippen LogP contribution in [0.5, 0.6) is 0 Å². The minimum atomic E-state index is -4.64. The van der Waals surface area contributed by atoms with Gasteiger partial charge in [-0.15, -0.1) is 0 Å². The van der Waals surface area contributed by atoms with Crippen molar-refractivity contribution in [3.8, 4) is 0 Å². The lowest BCUT2D eigenvalue weighted by molar-refractivity contribution is -0.894. The van der Waals surface area contributed by atoms with Crippen LogP contribution in [-0.2, 0) is 14.6 Å². The Kier molecular flexibility index (Phi) is 11.4. The van der Waals surface area contributed by atoms with Crippen molar-refractivity contribution in [3.63, 3.8) is 0 Å². The molecule has 0 spiro atoms. The van der Waals surface area contributed by atoms with Gasteiger partial charge in [-0.05, 0) is 124 Å². The van der Waals surface area contributed by atoms with Gasteiger partial charge >= 0.3 is 0 Å². The van der Waals surface area contributed by atoms with Crippen molar-refractivity contribution >= 4 is 10.4 Å². The molecule has 8 heteroatoms. The molecule has 4 rings (SSSR count). The van der Waals surface area contributed by atoms with Gasteiger partial charge in [-0.3, -0.25) is 4.18 Å². The summed E-state index contributed by atoms with van der Waals surface area (Å²) >= 11 is 0. The van der Waals surface area contributed by atoms with Crippen molar-refractivity contribution in [1.29, 1.82) is 0 Å². The van der Waals surface area contributed by atoms with Crippen LogP contribution >= 0.6 is 0 Å². The zero-order chi connectivity index (χ0) is 29.2. The fourth-order valence-corrected chi connectivity index (χ4v) is 10.5. The molecule has 39 heavy (non-hydrogen) atoms. The number of aliphatic hydroxyl groups is 2. The van der Waals surface area contributed by atoms with Gasteiger partial charge in [-0.1, -0.05) is 34.1 Å². The van der Waals surface area contributed by atoms with Gasteiger partial charge in [0.05, 0.1) is 38.4 Å². The van der Waals surface area contributed by atoms with E-state index in [1.165, 1.54) is 19.6 Å². The number of rotatable bonds is 9.